The average Bonchev–Trinajstić information content (AvgIpc) is 2.76. The fourth-order valence-electron chi connectivity index (χ4n) is 1.53. The fraction of sp³-hybridized carbons (Fsp3) is 0.455. The monoisotopic (exact) mass is 267 g/mol. The lowest BCUT2D eigenvalue weighted by Gasteiger charge is -2.09. The maximum Gasteiger partial charge on any atom is 0.272 e. The van der Waals surface area contributed by atoms with Crippen LogP contribution in [0.3, 0.4) is 0 Å². The van der Waals surface area contributed by atoms with Gasteiger partial charge in [-0.15, -0.1) is 10.2 Å². The molecule has 96 valence electrons. The van der Waals surface area contributed by atoms with Gasteiger partial charge in [0.1, 0.15) is 0 Å². The molecule has 0 aromatic carbocycles. The first-order chi connectivity index (χ1) is 8.70. The number of aromatic nitrogens is 2. The van der Waals surface area contributed by atoms with Gasteiger partial charge in [0.25, 0.3) is 5.91 Å². The number of ether oxygens (including phenoxy) is 1. The van der Waals surface area contributed by atoms with E-state index >= 15 is 0 Å². The van der Waals surface area contributed by atoms with Crippen molar-refractivity contribution in [1.82, 2.24) is 15.5 Å². The van der Waals surface area contributed by atoms with Gasteiger partial charge in [-0.1, -0.05) is 11.8 Å². The topological polar surface area (TPSA) is 81.2 Å². The van der Waals surface area contributed by atoms with E-state index in [2.05, 4.69) is 15.5 Å². The van der Waals surface area contributed by atoms with Crippen molar-refractivity contribution in [2.24, 2.45) is 0 Å². The predicted molar refractivity (Wildman–Crippen MR) is 66.5 cm³/mol. The summed E-state index contributed by atoms with van der Waals surface area (Å²) >= 11 is 1.24. The van der Waals surface area contributed by atoms with E-state index in [1.54, 1.807) is 6.07 Å². The van der Waals surface area contributed by atoms with Crippen molar-refractivity contribution >= 4 is 22.8 Å². The summed E-state index contributed by atoms with van der Waals surface area (Å²) in [6, 6.07) is 2.70. The standard InChI is InChI=1S/C11H13N3O3S/c1-2-17-9-4-3-7(13-14-9)10(15)12-8-5-6-18-11(8)16/h3-4,8H,2,5-6H2,1H3,(H,12,15). The smallest absolute Gasteiger partial charge is 0.272 e. The number of thioether (sulfide) groups is 1. The van der Waals surface area contributed by atoms with E-state index < -0.39 is 6.04 Å². The Labute approximate surface area is 108 Å². The van der Waals surface area contributed by atoms with E-state index in [0.29, 0.717) is 18.9 Å². The highest BCUT2D eigenvalue weighted by atomic mass is 32.2. The Balaban J connectivity index is 1.98. The van der Waals surface area contributed by atoms with Crippen LogP contribution >= 0.6 is 11.8 Å². The number of carbonyl (C=O) groups is 2. The molecule has 0 aliphatic carbocycles. The van der Waals surface area contributed by atoms with Crippen LogP contribution in [0.2, 0.25) is 0 Å². The number of nitrogens with one attached hydrogen (secondary N) is 1. The van der Waals surface area contributed by atoms with Crippen LogP contribution in [-0.2, 0) is 4.79 Å². The molecule has 1 aliphatic heterocycles. The Morgan fingerprint density at radius 3 is 2.94 bits per heavy atom. The van der Waals surface area contributed by atoms with Gasteiger partial charge < -0.3 is 10.1 Å². The molecule has 1 aromatic rings. The molecule has 2 heterocycles. The highest BCUT2D eigenvalue weighted by molar-refractivity contribution is 8.14. The zero-order valence-electron chi connectivity index (χ0n) is 9.88. The van der Waals surface area contributed by atoms with Crippen molar-refractivity contribution in [3.05, 3.63) is 17.8 Å². The first-order valence-electron chi connectivity index (χ1n) is 5.64. The molecule has 1 saturated heterocycles. The summed E-state index contributed by atoms with van der Waals surface area (Å²) < 4.78 is 5.13. The van der Waals surface area contributed by atoms with Gasteiger partial charge in [-0.25, -0.2) is 0 Å². The summed E-state index contributed by atoms with van der Waals surface area (Å²) in [6.45, 7) is 2.33. The second-order valence-electron chi connectivity index (χ2n) is 3.67. The van der Waals surface area contributed by atoms with Gasteiger partial charge in [0.15, 0.2) is 5.69 Å². The minimum Gasteiger partial charge on any atom is -0.477 e. The van der Waals surface area contributed by atoms with Crippen molar-refractivity contribution in [2.75, 3.05) is 12.4 Å². The van der Waals surface area contributed by atoms with E-state index in [-0.39, 0.29) is 16.7 Å². The maximum absolute atomic E-state index is 11.8. The second-order valence-corrected chi connectivity index (χ2v) is 4.77. The summed E-state index contributed by atoms with van der Waals surface area (Å²) in [5, 5.41) is 10.2. The summed E-state index contributed by atoms with van der Waals surface area (Å²) in [5.74, 6) is 0.742. The number of rotatable bonds is 4. The Bertz CT molecular complexity index is 449. The van der Waals surface area contributed by atoms with Crippen LogP contribution in [0.5, 0.6) is 5.88 Å². The van der Waals surface area contributed by atoms with Crippen molar-refractivity contribution in [1.29, 1.82) is 0 Å². The van der Waals surface area contributed by atoms with E-state index in [9.17, 15) is 9.59 Å². The Hall–Kier alpha value is -1.63. The molecule has 0 spiro atoms. The van der Waals surface area contributed by atoms with E-state index in [1.165, 1.54) is 17.8 Å². The normalized spacial score (nSPS) is 18.7. The zero-order chi connectivity index (χ0) is 13.0. The first-order valence-corrected chi connectivity index (χ1v) is 6.63. The lowest BCUT2D eigenvalue weighted by atomic mass is 10.2. The van der Waals surface area contributed by atoms with Crippen LogP contribution in [0.25, 0.3) is 0 Å². The number of carbonyl (C=O) groups excluding carboxylic acids is 2. The summed E-state index contributed by atoms with van der Waals surface area (Å²) in [6.07, 6.45) is 0.666. The molecule has 18 heavy (non-hydrogen) atoms. The fourth-order valence-corrected chi connectivity index (χ4v) is 2.46. The Kier molecular flexibility index (Phi) is 4.14. The van der Waals surface area contributed by atoms with Crippen LogP contribution in [0.15, 0.2) is 12.1 Å². The van der Waals surface area contributed by atoms with E-state index in [4.69, 9.17) is 4.74 Å². The van der Waals surface area contributed by atoms with Crippen LogP contribution < -0.4 is 10.1 Å². The molecular weight excluding hydrogens is 254 g/mol. The van der Waals surface area contributed by atoms with Crippen LogP contribution in [0, 0.1) is 0 Å². The number of nitrogens with zero attached hydrogens (tertiary/aromatic N) is 2. The molecule has 6 nitrogen and oxygen atoms in total. The molecule has 1 fully saturated rings. The average molecular weight is 267 g/mol. The quantitative estimate of drug-likeness (QED) is 0.862. The number of amides is 1. The highest BCUT2D eigenvalue weighted by Gasteiger charge is 2.27. The summed E-state index contributed by atoms with van der Waals surface area (Å²) in [5.41, 5.74) is 0.183. The van der Waals surface area contributed by atoms with Crippen LogP contribution in [0.1, 0.15) is 23.8 Å². The van der Waals surface area contributed by atoms with Gasteiger partial charge in [-0.05, 0) is 19.4 Å². The molecule has 0 radical (unpaired) electrons. The molecule has 1 unspecified atom stereocenters. The third-order valence-electron chi connectivity index (χ3n) is 2.41. The van der Waals surface area contributed by atoms with Crippen molar-refractivity contribution < 1.29 is 14.3 Å². The Morgan fingerprint density at radius 2 is 2.39 bits per heavy atom. The summed E-state index contributed by atoms with van der Waals surface area (Å²) in [4.78, 5) is 23.2. The third-order valence-corrected chi connectivity index (χ3v) is 3.41. The van der Waals surface area contributed by atoms with Crippen LogP contribution in [0.4, 0.5) is 0 Å². The van der Waals surface area contributed by atoms with Gasteiger partial charge in [-0.3, -0.25) is 9.59 Å². The largest absolute Gasteiger partial charge is 0.477 e. The minimum atomic E-state index is -0.407. The van der Waals surface area contributed by atoms with Crippen molar-refractivity contribution in [3.8, 4) is 5.88 Å². The van der Waals surface area contributed by atoms with Gasteiger partial charge in [0.2, 0.25) is 11.0 Å². The molecular formula is C11H13N3O3S. The molecule has 0 saturated carbocycles. The molecule has 1 N–H and O–H groups in total. The molecule has 7 heteroatoms. The molecule has 1 atom stereocenters. The van der Waals surface area contributed by atoms with E-state index in [1.807, 2.05) is 6.92 Å². The number of hydrogen-bond acceptors (Lipinski definition) is 6. The molecule has 2 rings (SSSR count). The molecule has 1 aromatic heterocycles. The molecule has 0 bridgehead atoms. The SMILES string of the molecule is CCOc1ccc(C(=O)NC2CCSC2=O)nn1. The van der Waals surface area contributed by atoms with Gasteiger partial charge in [0.05, 0.1) is 12.6 Å². The third kappa shape index (κ3) is 2.98. The highest BCUT2D eigenvalue weighted by Crippen LogP contribution is 2.19. The Morgan fingerprint density at radius 1 is 1.56 bits per heavy atom. The number of hydrogen-bond donors (Lipinski definition) is 1. The van der Waals surface area contributed by atoms with Gasteiger partial charge in [-0.2, -0.15) is 0 Å². The van der Waals surface area contributed by atoms with Crippen molar-refractivity contribution in [2.45, 2.75) is 19.4 Å². The maximum atomic E-state index is 11.8. The predicted octanol–water partition coefficient (Wildman–Crippen LogP) is 0.637. The lowest BCUT2D eigenvalue weighted by Crippen LogP contribution is -2.37. The zero-order valence-corrected chi connectivity index (χ0v) is 10.7. The summed E-state index contributed by atoms with van der Waals surface area (Å²) in [7, 11) is 0. The second kappa shape index (κ2) is 5.81. The lowest BCUT2D eigenvalue weighted by molar-refractivity contribution is -0.112. The van der Waals surface area contributed by atoms with Crippen LogP contribution in [-0.4, -0.2) is 39.6 Å². The molecule has 1 amide bonds. The van der Waals surface area contributed by atoms with Crippen molar-refractivity contribution in [3.63, 3.8) is 0 Å². The first kappa shape index (κ1) is 12.8. The minimum absolute atomic E-state index is 0.00208. The van der Waals surface area contributed by atoms with Gasteiger partial charge >= 0.3 is 0 Å². The molecule has 1 aliphatic rings. The van der Waals surface area contributed by atoms with Gasteiger partial charge in [0, 0.05) is 11.8 Å². The van der Waals surface area contributed by atoms with E-state index in [0.717, 1.165) is 5.75 Å².